The number of aromatic nitrogens is 1. The van der Waals surface area contributed by atoms with Gasteiger partial charge in [-0.2, -0.15) is 0 Å². The van der Waals surface area contributed by atoms with Gasteiger partial charge in [0.05, 0.1) is 22.3 Å². The second-order valence-corrected chi connectivity index (χ2v) is 8.40. The van der Waals surface area contributed by atoms with E-state index in [1.165, 1.54) is 7.05 Å². The van der Waals surface area contributed by atoms with Crippen LogP contribution in [0.3, 0.4) is 0 Å². The maximum absolute atomic E-state index is 15.4. The van der Waals surface area contributed by atoms with Crippen LogP contribution in [0.4, 0.5) is 15.8 Å². The number of amides is 1. The van der Waals surface area contributed by atoms with Gasteiger partial charge in [0.15, 0.2) is 5.82 Å². The Labute approximate surface area is 179 Å². The fraction of sp³-hybridized carbons (Fsp3) is 0.500. The highest BCUT2D eigenvalue weighted by atomic mass is 19.1. The third-order valence-electron chi connectivity index (χ3n) is 6.54. The van der Waals surface area contributed by atoms with E-state index in [4.69, 9.17) is 0 Å². The molecule has 0 spiro atoms. The molecule has 1 unspecified atom stereocenters. The standard InChI is InChI=1S/C22H27FN4O4/c1-11-4-5-15-18(22(30)31)21(29)17-16(27(11)15)10-14(19(23)20(17)24-3)25-13-6-8-26(9-7-13)12(2)28/h10-11,13,24-25H,4-9H2,1-3H3,(H,30,31). The molecule has 166 valence electrons. The average molecular weight is 430 g/mol. The lowest BCUT2D eigenvalue weighted by atomic mass is 10.0. The molecule has 3 heterocycles. The number of hydrogen-bond acceptors (Lipinski definition) is 5. The molecule has 4 rings (SSSR count). The van der Waals surface area contributed by atoms with Crippen LogP contribution in [-0.4, -0.2) is 52.6 Å². The lowest BCUT2D eigenvalue weighted by Gasteiger charge is -2.32. The van der Waals surface area contributed by atoms with Gasteiger partial charge < -0.3 is 25.2 Å². The SMILES string of the molecule is CNc1c(F)c(NC2CCN(C(C)=O)CC2)cc2c1c(=O)c(C(=O)O)c1n2C(C)CC1. The summed E-state index contributed by atoms with van der Waals surface area (Å²) in [7, 11) is 1.52. The van der Waals surface area contributed by atoms with Crippen LogP contribution in [0.1, 0.15) is 55.2 Å². The van der Waals surface area contributed by atoms with Crippen LogP contribution < -0.4 is 16.1 Å². The fourth-order valence-electron chi connectivity index (χ4n) is 4.93. The Morgan fingerprint density at radius 3 is 2.48 bits per heavy atom. The van der Waals surface area contributed by atoms with Crippen molar-refractivity contribution in [2.24, 2.45) is 0 Å². The van der Waals surface area contributed by atoms with E-state index < -0.39 is 17.2 Å². The minimum absolute atomic E-state index is 0.00183. The number of carbonyl (C=O) groups is 2. The van der Waals surface area contributed by atoms with Crippen molar-refractivity contribution in [1.82, 2.24) is 9.47 Å². The molecule has 1 aromatic carbocycles. The number of nitrogens with one attached hydrogen (secondary N) is 2. The third-order valence-corrected chi connectivity index (χ3v) is 6.54. The van der Waals surface area contributed by atoms with Crippen LogP contribution in [0.5, 0.6) is 0 Å². The smallest absolute Gasteiger partial charge is 0.341 e. The first kappa shape index (κ1) is 21.1. The van der Waals surface area contributed by atoms with E-state index in [1.807, 2.05) is 11.5 Å². The number of benzene rings is 1. The first-order valence-electron chi connectivity index (χ1n) is 10.6. The van der Waals surface area contributed by atoms with Crippen molar-refractivity contribution < 1.29 is 19.1 Å². The molecule has 1 atom stereocenters. The van der Waals surface area contributed by atoms with Crippen molar-refractivity contribution >= 4 is 34.2 Å². The van der Waals surface area contributed by atoms with E-state index >= 15 is 4.39 Å². The average Bonchev–Trinajstić information content (AvgIpc) is 3.10. The van der Waals surface area contributed by atoms with Crippen molar-refractivity contribution in [3.63, 3.8) is 0 Å². The van der Waals surface area contributed by atoms with E-state index in [2.05, 4.69) is 10.6 Å². The zero-order chi connectivity index (χ0) is 22.4. The molecule has 2 aliphatic heterocycles. The molecule has 1 amide bonds. The summed E-state index contributed by atoms with van der Waals surface area (Å²) in [6.45, 7) is 4.73. The number of carboxylic acid groups (broad SMARTS) is 1. The summed E-state index contributed by atoms with van der Waals surface area (Å²) < 4.78 is 17.3. The van der Waals surface area contributed by atoms with Crippen molar-refractivity contribution in [1.29, 1.82) is 0 Å². The van der Waals surface area contributed by atoms with Crippen molar-refractivity contribution in [2.45, 2.75) is 51.6 Å². The number of nitrogens with zero attached hydrogens (tertiary/aromatic N) is 2. The monoisotopic (exact) mass is 430 g/mol. The third kappa shape index (κ3) is 3.41. The lowest BCUT2D eigenvalue weighted by Crippen LogP contribution is -2.41. The van der Waals surface area contributed by atoms with Crippen molar-refractivity contribution in [3.8, 4) is 0 Å². The van der Waals surface area contributed by atoms with Gasteiger partial charge in [0.1, 0.15) is 5.56 Å². The Hall–Kier alpha value is -3.10. The number of carbonyl (C=O) groups excluding carboxylic acids is 1. The van der Waals surface area contributed by atoms with E-state index in [1.54, 1.807) is 17.9 Å². The molecule has 3 N–H and O–H groups in total. The summed E-state index contributed by atoms with van der Waals surface area (Å²) in [6.07, 6.45) is 2.60. The van der Waals surface area contributed by atoms with E-state index in [-0.39, 0.29) is 40.3 Å². The molecule has 2 aromatic rings. The molecule has 1 saturated heterocycles. The Morgan fingerprint density at radius 2 is 1.90 bits per heavy atom. The number of carboxylic acids is 1. The summed E-state index contributed by atoms with van der Waals surface area (Å²) in [6, 6.07) is 1.62. The zero-order valence-corrected chi connectivity index (χ0v) is 17.9. The molecule has 1 fully saturated rings. The predicted molar refractivity (Wildman–Crippen MR) is 117 cm³/mol. The molecule has 9 heteroatoms. The summed E-state index contributed by atoms with van der Waals surface area (Å²) in [5, 5.41) is 15.8. The van der Waals surface area contributed by atoms with Crippen molar-refractivity contribution in [3.05, 3.63) is 33.4 Å². The van der Waals surface area contributed by atoms with Gasteiger partial charge in [-0.15, -0.1) is 0 Å². The van der Waals surface area contributed by atoms with Crippen molar-refractivity contribution in [2.75, 3.05) is 30.8 Å². The van der Waals surface area contributed by atoms with Gasteiger partial charge in [0.25, 0.3) is 0 Å². The Kier molecular flexibility index (Phi) is 5.36. The number of pyridine rings is 1. The summed E-state index contributed by atoms with van der Waals surface area (Å²) in [4.78, 5) is 38.3. The van der Waals surface area contributed by atoms with Crippen LogP contribution in [0.15, 0.2) is 10.9 Å². The number of rotatable bonds is 4. The highest BCUT2D eigenvalue weighted by Crippen LogP contribution is 2.37. The molecule has 2 aliphatic rings. The maximum atomic E-state index is 15.4. The molecule has 0 saturated carbocycles. The molecule has 31 heavy (non-hydrogen) atoms. The second-order valence-electron chi connectivity index (χ2n) is 8.40. The van der Waals surface area contributed by atoms with Crippen LogP contribution in [0.2, 0.25) is 0 Å². The highest BCUT2D eigenvalue weighted by molar-refractivity contribution is 6.01. The minimum Gasteiger partial charge on any atom is -0.477 e. The topological polar surface area (TPSA) is 104 Å². The lowest BCUT2D eigenvalue weighted by molar-refractivity contribution is -0.129. The van der Waals surface area contributed by atoms with Gasteiger partial charge in [-0.1, -0.05) is 0 Å². The van der Waals surface area contributed by atoms with Crippen LogP contribution in [-0.2, 0) is 11.2 Å². The molecular weight excluding hydrogens is 403 g/mol. The summed E-state index contributed by atoms with van der Waals surface area (Å²) in [5.74, 6) is -1.86. The van der Waals surface area contributed by atoms with E-state index in [9.17, 15) is 19.5 Å². The minimum atomic E-state index is -1.29. The number of likely N-dealkylation sites (tertiary alicyclic amines) is 1. The number of hydrogen-bond donors (Lipinski definition) is 3. The Balaban J connectivity index is 1.85. The van der Waals surface area contributed by atoms with E-state index in [0.717, 1.165) is 6.42 Å². The van der Waals surface area contributed by atoms with Crippen LogP contribution >= 0.6 is 0 Å². The van der Waals surface area contributed by atoms with Gasteiger partial charge in [-0.3, -0.25) is 9.59 Å². The molecule has 0 aliphatic carbocycles. The number of piperidine rings is 1. The van der Waals surface area contributed by atoms with Gasteiger partial charge in [0.2, 0.25) is 11.3 Å². The Bertz CT molecular complexity index is 1140. The number of aromatic carboxylic acids is 1. The fourth-order valence-corrected chi connectivity index (χ4v) is 4.93. The largest absolute Gasteiger partial charge is 0.477 e. The number of fused-ring (bicyclic) bond motifs is 3. The quantitative estimate of drug-likeness (QED) is 0.689. The highest BCUT2D eigenvalue weighted by Gasteiger charge is 2.31. The van der Waals surface area contributed by atoms with E-state index in [0.29, 0.717) is 43.6 Å². The van der Waals surface area contributed by atoms with Gasteiger partial charge in [0, 0.05) is 44.8 Å². The normalized spacial score (nSPS) is 18.8. The van der Waals surface area contributed by atoms with Gasteiger partial charge >= 0.3 is 5.97 Å². The Morgan fingerprint density at radius 1 is 1.23 bits per heavy atom. The molecule has 0 bridgehead atoms. The maximum Gasteiger partial charge on any atom is 0.341 e. The first-order chi connectivity index (χ1) is 14.7. The molecular formula is C22H27FN4O4. The zero-order valence-electron chi connectivity index (χ0n) is 17.9. The van der Waals surface area contributed by atoms with Gasteiger partial charge in [-0.25, -0.2) is 9.18 Å². The van der Waals surface area contributed by atoms with Crippen LogP contribution in [0.25, 0.3) is 10.9 Å². The second kappa shape index (κ2) is 7.86. The summed E-state index contributed by atoms with van der Waals surface area (Å²) >= 11 is 0. The number of anilines is 2. The molecule has 0 radical (unpaired) electrons. The predicted octanol–water partition coefficient (Wildman–Crippen LogP) is 2.81. The van der Waals surface area contributed by atoms with Crippen LogP contribution in [0, 0.1) is 5.82 Å². The number of halogens is 1. The first-order valence-corrected chi connectivity index (χ1v) is 10.6. The van der Waals surface area contributed by atoms with Gasteiger partial charge in [-0.05, 0) is 38.7 Å². The summed E-state index contributed by atoms with van der Waals surface area (Å²) in [5.41, 5.74) is 0.367. The molecule has 8 nitrogen and oxygen atoms in total. The molecule has 1 aromatic heterocycles.